The van der Waals surface area contributed by atoms with E-state index in [4.69, 9.17) is 9.47 Å². The monoisotopic (exact) mass is 377 g/mol. The van der Waals surface area contributed by atoms with Crippen LogP contribution in [0.1, 0.15) is 19.4 Å². The van der Waals surface area contributed by atoms with Gasteiger partial charge < -0.3 is 9.47 Å². The van der Waals surface area contributed by atoms with Crippen molar-refractivity contribution in [2.75, 3.05) is 20.2 Å². The van der Waals surface area contributed by atoms with Crippen molar-refractivity contribution in [3.63, 3.8) is 0 Å². The Morgan fingerprint density at radius 1 is 1.29 bits per heavy atom. The van der Waals surface area contributed by atoms with Crippen LogP contribution in [0.4, 0.5) is 0 Å². The molecule has 118 valence electrons. The minimum atomic E-state index is -3.56. The SMILES string of the molecule is COc1cc(S(=O)(=O)N2C[C@@H](C)O[C@@H](C)C2)c(C)cc1Br. The highest BCUT2D eigenvalue weighted by Gasteiger charge is 2.33. The molecule has 1 fully saturated rings. The fourth-order valence-corrected chi connectivity index (χ4v) is 4.97. The Labute approximate surface area is 134 Å². The molecule has 2 atom stereocenters. The number of benzene rings is 1. The van der Waals surface area contributed by atoms with Crippen LogP contribution in [0.15, 0.2) is 21.5 Å². The third-order valence-corrected chi connectivity index (χ3v) is 6.05. The van der Waals surface area contributed by atoms with Crippen LogP contribution >= 0.6 is 15.9 Å². The Kier molecular flexibility index (Phi) is 4.97. The Morgan fingerprint density at radius 2 is 1.86 bits per heavy atom. The second-order valence-corrected chi connectivity index (χ2v) is 8.09. The molecule has 1 aromatic rings. The Morgan fingerprint density at radius 3 is 2.38 bits per heavy atom. The van der Waals surface area contributed by atoms with Gasteiger partial charge in [-0.2, -0.15) is 4.31 Å². The van der Waals surface area contributed by atoms with Gasteiger partial charge in [0.25, 0.3) is 0 Å². The van der Waals surface area contributed by atoms with Crippen LogP contribution in [-0.2, 0) is 14.8 Å². The molecule has 0 aromatic heterocycles. The second-order valence-electron chi connectivity index (χ2n) is 5.33. The highest BCUT2D eigenvalue weighted by atomic mass is 79.9. The standard InChI is InChI=1S/C14H20BrNO4S/c1-9-5-12(15)13(19-4)6-14(9)21(17,18)16-7-10(2)20-11(3)8-16/h5-6,10-11H,7-8H2,1-4H3/t10-,11+. The number of sulfonamides is 1. The molecule has 0 spiro atoms. The van der Waals surface area contributed by atoms with E-state index in [9.17, 15) is 8.42 Å². The molecule has 0 bridgehead atoms. The minimum absolute atomic E-state index is 0.110. The predicted octanol–water partition coefficient (Wildman–Crippen LogP) is 2.56. The second kappa shape index (κ2) is 6.24. The van der Waals surface area contributed by atoms with Crippen LogP contribution in [-0.4, -0.2) is 45.1 Å². The number of rotatable bonds is 3. The first-order valence-electron chi connectivity index (χ1n) is 6.75. The van der Waals surface area contributed by atoms with E-state index < -0.39 is 10.0 Å². The molecular formula is C14H20BrNO4S. The molecule has 1 heterocycles. The van der Waals surface area contributed by atoms with E-state index in [2.05, 4.69) is 15.9 Å². The number of morpholine rings is 1. The zero-order valence-electron chi connectivity index (χ0n) is 12.6. The molecule has 1 aliphatic heterocycles. The molecule has 0 saturated carbocycles. The summed E-state index contributed by atoms with van der Waals surface area (Å²) in [6, 6.07) is 3.33. The normalized spacial score (nSPS) is 24.0. The third kappa shape index (κ3) is 3.41. The maximum Gasteiger partial charge on any atom is 0.243 e. The molecule has 7 heteroatoms. The number of hydrogen-bond acceptors (Lipinski definition) is 4. The molecule has 1 saturated heterocycles. The molecule has 2 rings (SSSR count). The van der Waals surface area contributed by atoms with Gasteiger partial charge >= 0.3 is 0 Å². The lowest BCUT2D eigenvalue weighted by molar-refractivity contribution is -0.0440. The summed E-state index contributed by atoms with van der Waals surface area (Å²) >= 11 is 3.37. The smallest absolute Gasteiger partial charge is 0.243 e. The summed E-state index contributed by atoms with van der Waals surface area (Å²) in [6.45, 7) is 6.28. The van der Waals surface area contributed by atoms with Gasteiger partial charge in [0.05, 0.1) is 28.7 Å². The molecule has 1 aromatic carbocycles. The molecule has 0 radical (unpaired) electrons. The first-order valence-corrected chi connectivity index (χ1v) is 8.98. The lowest BCUT2D eigenvalue weighted by atomic mass is 10.2. The van der Waals surface area contributed by atoms with Crippen molar-refractivity contribution < 1.29 is 17.9 Å². The summed E-state index contributed by atoms with van der Waals surface area (Å²) in [4.78, 5) is 0.281. The van der Waals surface area contributed by atoms with Crippen LogP contribution in [0.25, 0.3) is 0 Å². The zero-order chi connectivity index (χ0) is 15.8. The fourth-order valence-electron chi connectivity index (χ4n) is 2.53. The lowest BCUT2D eigenvalue weighted by Gasteiger charge is -2.34. The fraction of sp³-hybridized carbons (Fsp3) is 0.571. The Balaban J connectivity index is 2.44. The van der Waals surface area contributed by atoms with Crippen molar-refractivity contribution in [1.29, 1.82) is 0 Å². The van der Waals surface area contributed by atoms with Crippen molar-refractivity contribution >= 4 is 26.0 Å². The van der Waals surface area contributed by atoms with Gasteiger partial charge in [-0.05, 0) is 48.3 Å². The van der Waals surface area contributed by atoms with Gasteiger partial charge in [0.15, 0.2) is 0 Å². The van der Waals surface area contributed by atoms with E-state index in [1.54, 1.807) is 19.1 Å². The maximum atomic E-state index is 12.9. The van der Waals surface area contributed by atoms with Gasteiger partial charge in [0, 0.05) is 19.2 Å². The van der Waals surface area contributed by atoms with Crippen LogP contribution in [0, 0.1) is 6.92 Å². The zero-order valence-corrected chi connectivity index (χ0v) is 15.0. The van der Waals surface area contributed by atoms with E-state index in [0.717, 1.165) is 4.47 Å². The van der Waals surface area contributed by atoms with E-state index in [0.29, 0.717) is 24.4 Å². The summed E-state index contributed by atoms with van der Waals surface area (Å²) in [7, 11) is -2.04. The van der Waals surface area contributed by atoms with Crippen LogP contribution in [0.5, 0.6) is 5.75 Å². The first-order chi connectivity index (χ1) is 9.75. The van der Waals surface area contributed by atoms with Crippen LogP contribution in [0.2, 0.25) is 0 Å². The maximum absolute atomic E-state index is 12.9. The summed E-state index contributed by atoms with van der Waals surface area (Å²) < 4.78 is 38.8. The molecule has 0 N–H and O–H groups in total. The van der Waals surface area contributed by atoms with Crippen molar-refractivity contribution in [3.05, 3.63) is 22.2 Å². The van der Waals surface area contributed by atoms with Crippen molar-refractivity contribution in [3.8, 4) is 5.75 Å². The number of nitrogens with zero attached hydrogens (tertiary/aromatic N) is 1. The minimum Gasteiger partial charge on any atom is -0.496 e. The van der Waals surface area contributed by atoms with Gasteiger partial charge in [0.2, 0.25) is 10.0 Å². The average molecular weight is 378 g/mol. The van der Waals surface area contributed by atoms with Gasteiger partial charge in [-0.1, -0.05) is 0 Å². The number of aryl methyl sites for hydroxylation is 1. The van der Waals surface area contributed by atoms with Gasteiger partial charge in [-0.3, -0.25) is 0 Å². The number of halogens is 1. The van der Waals surface area contributed by atoms with Crippen molar-refractivity contribution in [1.82, 2.24) is 4.31 Å². The molecule has 1 aliphatic rings. The van der Waals surface area contributed by atoms with Crippen LogP contribution in [0.3, 0.4) is 0 Å². The number of hydrogen-bond donors (Lipinski definition) is 0. The van der Waals surface area contributed by atoms with Gasteiger partial charge in [-0.25, -0.2) is 8.42 Å². The lowest BCUT2D eigenvalue weighted by Crippen LogP contribution is -2.48. The number of methoxy groups -OCH3 is 1. The van der Waals surface area contributed by atoms with Gasteiger partial charge in [0.1, 0.15) is 5.75 Å². The van der Waals surface area contributed by atoms with E-state index >= 15 is 0 Å². The molecule has 21 heavy (non-hydrogen) atoms. The summed E-state index contributed by atoms with van der Waals surface area (Å²) in [5.41, 5.74) is 0.689. The molecular weight excluding hydrogens is 358 g/mol. The summed E-state index contributed by atoms with van der Waals surface area (Å²) in [6.07, 6.45) is -0.220. The van der Waals surface area contributed by atoms with E-state index in [1.165, 1.54) is 11.4 Å². The Hall–Kier alpha value is -0.630. The number of ether oxygens (including phenoxy) is 2. The van der Waals surface area contributed by atoms with E-state index in [-0.39, 0.29) is 17.1 Å². The molecule has 5 nitrogen and oxygen atoms in total. The molecule has 0 unspecified atom stereocenters. The summed E-state index contributed by atoms with van der Waals surface area (Å²) in [5, 5.41) is 0. The summed E-state index contributed by atoms with van der Waals surface area (Å²) in [5.74, 6) is 0.508. The van der Waals surface area contributed by atoms with Gasteiger partial charge in [-0.15, -0.1) is 0 Å². The largest absolute Gasteiger partial charge is 0.496 e. The molecule has 0 amide bonds. The first kappa shape index (κ1) is 16.7. The van der Waals surface area contributed by atoms with Crippen LogP contribution < -0.4 is 4.74 Å². The molecule has 0 aliphatic carbocycles. The quantitative estimate of drug-likeness (QED) is 0.811. The third-order valence-electron chi connectivity index (χ3n) is 3.45. The van der Waals surface area contributed by atoms with Crippen molar-refractivity contribution in [2.45, 2.75) is 37.9 Å². The highest BCUT2D eigenvalue weighted by molar-refractivity contribution is 9.10. The topological polar surface area (TPSA) is 55.8 Å². The Bertz CT molecular complexity index is 622. The highest BCUT2D eigenvalue weighted by Crippen LogP contribution is 2.32. The average Bonchev–Trinajstić information content (AvgIpc) is 2.37. The van der Waals surface area contributed by atoms with Crippen molar-refractivity contribution in [2.24, 2.45) is 0 Å². The van der Waals surface area contributed by atoms with E-state index in [1.807, 2.05) is 13.8 Å². The predicted molar refractivity (Wildman–Crippen MR) is 84.2 cm³/mol.